The van der Waals surface area contributed by atoms with E-state index in [2.05, 4.69) is 4.98 Å². The second-order valence-corrected chi connectivity index (χ2v) is 11.2. The molecule has 2 aromatic heterocycles. The van der Waals surface area contributed by atoms with Crippen LogP contribution in [0.5, 0.6) is 0 Å². The standard InChI is InChI=1S/C24H27N3O3S2/c1-19-7-2-3-9-21(19)17-26(16-20-8-4-12-25-15-20)24(28)22-10-5-13-27(18-22)32(29,30)23-11-6-14-31-23/h2-4,6-9,11-12,14-15,22H,5,10,13,16-18H2,1H3. The van der Waals surface area contributed by atoms with Gasteiger partial charge in [0.15, 0.2) is 0 Å². The molecule has 3 aromatic rings. The Morgan fingerprint density at radius 2 is 2.00 bits per heavy atom. The maximum Gasteiger partial charge on any atom is 0.252 e. The molecule has 1 fully saturated rings. The summed E-state index contributed by atoms with van der Waals surface area (Å²) >= 11 is 1.21. The highest BCUT2D eigenvalue weighted by molar-refractivity contribution is 7.91. The van der Waals surface area contributed by atoms with E-state index >= 15 is 0 Å². The Hall–Kier alpha value is -2.55. The van der Waals surface area contributed by atoms with Gasteiger partial charge in [0, 0.05) is 38.6 Å². The largest absolute Gasteiger partial charge is 0.334 e. The monoisotopic (exact) mass is 469 g/mol. The Morgan fingerprint density at radius 3 is 2.72 bits per heavy atom. The van der Waals surface area contributed by atoms with Crippen molar-refractivity contribution in [2.24, 2.45) is 5.92 Å². The molecule has 1 unspecified atom stereocenters. The summed E-state index contributed by atoms with van der Waals surface area (Å²) in [5.41, 5.74) is 3.17. The Balaban J connectivity index is 1.56. The summed E-state index contributed by atoms with van der Waals surface area (Å²) in [6, 6.07) is 15.2. The average molecular weight is 470 g/mol. The zero-order valence-electron chi connectivity index (χ0n) is 18.1. The number of nitrogens with zero attached hydrogens (tertiary/aromatic N) is 3. The number of aromatic nitrogens is 1. The van der Waals surface area contributed by atoms with E-state index in [1.807, 2.05) is 48.2 Å². The summed E-state index contributed by atoms with van der Waals surface area (Å²) in [5.74, 6) is -0.373. The summed E-state index contributed by atoms with van der Waals surface area (Å²) in [6.45, 7) is 3.63. The van der Waals surface area contributed by atoms with Crippen LogP contribution in [0.25, 0.3) is 0 Å². The molecule has 168 valence electrons. The van der Waals surface area contributed by atoms with Crippen molar-refractivity contribution in [2.75, 3.05) is 13.1 Å². The lowest BCUT2D eigenvalue weighted by Gasteiger charge is -2.34. The molecule has 0 aliphatic carbocycles. The zero-order chi connectivity index (χ0) is 22.6. The van der Waals surface area contributed by atoms with Crippen LogP contribution in [0.2, 0.25) is 0 Å². The number of pyridine rings is 1. The minimum Gasteiger partial charge on any atom is -0.334 e. The van der Waals surface area contributed by atoms with Gasteiger partial charge >= 0.3 is 0 Å². The van der Waals surface area contributed by atoms with Crippen LogP contribution in [0.1, 0.15) is 29.5 Å². The number of carbonyl (C=O) groups is 1. The molecule has 0 radical (unpaired) electrons. The van der Waals surface area contributed by atoms with Gasteiger partial charge < -0.3 is 4.90 Å². The van der Waals surface area contributed by atoms with Crippen LogP contribution in [-0.4, -0.2) is 41.6 Å². The molecule has 0 bridgehead atoms. The summed E-state index contributed by atoms with van der Waals surface area (Å²) in [7, 11) is -3.56. The van der Waals surface area contributed by atoms with Crippen molar-refractivity contribution >= 4 is 27.3 Å². The van der Waals surface area contributed by atoms with Crippen molar-refractivity contribution in [1.29, 1.82) is 0 Å². The van der Waals surface area contributed by atoms with Gasteiger partial charge in [-0.15, -0.1) is 11.3 Å². The quantitative estimate of drug-likeness (QED) is 0.523. The third-order valence-electron chi connectivity index (χ3n) is 5.85. The van der Waals surface area contributed by atoms with E-state index in [0.717, 1.165) is 16.7 Å². The third-order valence-corrected chi connectivity index (χ3v) is 9.09. The third kappa shape index (κ3) is 5.09. The van der Waals surface area contributed by atoms with Gasteiger partial charge in [0.25, 0.3) is 10.0 Å². The first kappa shape index (κ1) is 22.6. The van der Waals surface area contributed by atoms with Crippen LogP contribution < -0.4 is 0 Å². The molecule has 4 rings (SSSR count). The zero-order valence-corrected chi connectivity index (χ0v) is 19.7. The van der Waals surface area contributed by atoms with Crippen LogP contribution in [0.15, 0.2) is 70.5 Å². The lowest BCUT2D eigenvalue weighted by Crippen LogP contribution is -2.46. The van der Waals surface area contributed by atoms with Crippen molar-refractivity contribution < 1.29 is 13.2 Å². The second-order valence-electron chi connectivity index (χ2n) is 8.12. The van der Waals surface area contributed by atoms with Gasteiger partial charge in [0.05, 0.1) is 5.92 Å². The van der Waals surface area contributed by atoms with Crippen molar-refractivity contribution in [3.63, 3.8) is 0 Å². The first-order valence-electron chi connectivity index (χ1n) is 10.7. The highest BCUT2D eigenvalue weighted by Crippen LogP contribution is 2.28. The minimum absolute atomic E-state index is 0.0109. The summed E-state index contributed by atoms with van der Waals surface area (Å²) in [5, 5.41) is 1.76. The number of hydrogen-bond donors (Lipinski definition) is 0. The van der Waals surface area contributed by atoms with Crippen LogP contribution in [0.3, 0.4) is 0 Å². The molecule has 32 heavy (non-hydrogen) atoms. The number of carbonyl (C=O) groups excluding carboxylic acids is 1. The van der Waals surface area contributed by atoms with Gasteiger partial charge in [0.2, 0.25) is 5.91 Å². The van der Waals surface area contributed by atoms with E-state index in [-0.39, 0.29) is 18.4 Å². The molecule has 1 amide bonds. The van der Waals surface area contributed by atoms with Crippen LogP contribution >= 0.6 is 11.3 Å². The summed E-state index contributed by atoms with van der Waals surface area (Å²) < 4.78 is 27.8. The molecule has 1 aromatic carbocycles. The minimum atomic E-state index is -3.56. The van der Waals surface area contributed by atoms with Crippen LogP contribution in [0, 0.1) is 12.8 Å². The van der Waals surface area contributed by atoms with Crippen LogP contribution in [0.4, 0.5) is 0 Å². The molecule has 0 saturated carbocycles. The van der Waals surface area contributed by atoms with Crippen molar-refractivity contribution in [3.05, 3.63) is 83.0 Å². The van der Waals surface area contributed by atoms with Crippen LogP contribution in [-0.2, 0) is 27.9 Å². The normalized spacial score (nSPS) is 17.2. The van der Waals surface area contributed by atoms with E-state index in [1.54, 1.807) is 29.9 Å². The smallest absolute Gasteiger partial charge is 0.252 e. The molecular formula is C24H27N3O3S2. The van der Waals surface area contributed by atoms with Crippen molar-refractivity contribution in [1.82, 2.24) is 14.2 Å². The summed E-state index contributed by atoms with van der Waals surface area (Å²) in [6.07, 6.45) is 4.84. The predicted octanol–water partition coefficient (Wildman–Crippen LogP) is 4.08. The number of rotatable bonds is 7. The summed E-state index contributed by atoms with van der Waals surface area (Å²) in [4.78, 5) is 19.7. The Bertz CT molecular complexity index is 1150. The molecule has 3 heterocycles. The van der Waals surface area contributed by atoms with E-state index in [4.69, 9.17) is 0 Å². The van der Waals surface area contributed by atoms with Gasteiger partial charge in [-0.3, -0.25) is 9.78 Å². The van der Waals surface area contributed by atoms with E-state index < -0.39 is 10.0 Å². The fourth-order valence-electron chi connectivity index (χ4n) is 4.07. The highest BCUT2D eigenvalue weighted by Gasteiger charge is 2.35. The van der Waals surface area contributed by atoms with Gasteiger partial charge in [-0.2, -0.15) is 4.31 Å². The Labute approximate surface area is 193 Å². The fourth-order valence-corrected chi connectivity index (χ4v) is 6.74. The molecule has 6 nitrogen and oxygen atoms in total. The van der Waals surface area contributed by atoms with E-state index in [1.165, 1.54) is 15.6 Å². The number of aryl methyl sites for hydroxylation is 1. The van der Waals surface area contributed by atoms with E-state index in [9.17, 15) is 13.2 Å². The predicted molar refractivity (Wildman–Crippen MR) is 125 cm³/mol. The molecule has 1 saturated heterocycles. The molecule has 0 spiro atoms. The number of hydrogen-bond acceptors (Lipinski definition) is 5. The molecule has 1 aliphatic heterocycles. The average Bonchev–Trinajstić information content (AvgIpc) is 3.36. The Morgan fingerprint density at radius 1 is 1.16 bits per heavy atom. The molecule has 1 aliphatic rings. The fraction of sp³-hybridized carbons (Fsp3) is 0.333. The SMILES string of the molecule is Cc1ccccc1CN(Cc1cccnc1)C(=O)C1CCCN(S(=O)(=O)c2cccs2)C1. The van der Waals surface area contributed by atoms with E-state index in [0.29, 0.717) is 36.7 Å². The maximum absolute atomic E-state index is 13.7. The first-order valence-corrected chi connectivity index (χ1v) is 13.0. The number of sulfonamides is 1. The number of benzene rings is 1. The molecule has 8 heteroatoms. The maximum atomic E-state index is 13.7. The second kappa shape index (κ2) is 9.94. The van der Waals surface area contributed by atoms with Crippen molar-refractivity contribution in [2.45, 2.75) is 37.1 Å². The molecule has 1 atom stereocenters. The Kier molecular flexibility index (Phi) is 7.03. The van der Waals surface area contributed by atoms with Gasteiger partial charge in [-0.1, -0.05) is 36.4 Å². The van der Waals surface area contributed by atoms with Gasteiger partial charge in [-0.25, -0.2) is 8.42 Å². The molecular weight excluding hydrogens is 442 g/mol. The lowest BCUT2D eigenvalue weighted by atomic mass is 9.97. The number of thiophene rings is 1. The van der Waals surface area contributed by atoms with Gasteiger partial charge in [0.1, 0.15) is 4.21 Å². The topological polar surface area (TPSA) is 70.6 Å². The lowest BCUT2D eigenvalue weighted by molar-refractivity contribution is -0.138. The van der Waals surface area contributed by atoms with Crippen molar-refractivity contribution in [3.8, 4) is 0 Å². The highest BCUT2D eigenvalue weighted by atomic mass is 32.2. The number of amides is 1. The first-order chi connectivity index (χ1) is 15.4. The van der Waals surface area contributed by atoms with Gasteiger partial charge in [-0.05, 0) is 54.0 Å². The molecule has 0 N–H and O–H groups in total. The number of piperidine rings is 1.